The molecule has 0 aliphatic rings. The molecule has 17 heavy (non-hydrogen) atoms. The molecule has 0 heterocycles. The highest BCUT2D eigenvalue weighted by molar-refractivity contribution is 5.43. The minimum Gasteiger partial charge on any atom is -0.367 e. The van der Waals surface area contributed by atoms with E-state index in [1.807, 2.05) is 30.3 Å². The summed E-state index contributed by atoms with van der Waals surface area (Å²) in [5, 5.41) is 3.15. The van der Waals surface area contributed by atoms with Gasteiger partial charge in [0.2, 0.25) is 0 Å². The Hall–Kier alpha value is -1.14. The van der Waals surface area contributed by atoms with E-state index in [0.717, 1.165) is 5.69 Å². The molecule has 5 nitrogen and oxygen atoms in total. The van der Waals surface area contributed by atoms with E-state index in [1.54, 1.807) is 21.3 Å². The Bertz CT molecular complexity index is 315. The fourth-order valence-corrected chi connectivity index (χ4v) is 1.49. The molecule has 0 saturated carbocycles. The molecule has 1 aromatic carbocycles. The molecule has 0 amide bonds. The van der Waals surface area contributed by atoms with Crippen LogP contribution in [0.5, 0.6) is 0 Å². The molecular weight excluding hydrogens is 220 g/mol. The predicted octanol–water partition coefficient (Wildman–Crippen LogP) is 1.37. The molecule has 96 valence electrons. The summed E-state index contributed by atoms with van der Waals surface area (Å²) in [6.45, 7) is 0. The SMILES string of the molecule is COC(N)CC(Nc1ccccc1)(OC)OC. The zero-order valence-electron chi connectivity index (χ0n) is 10.5. The standard InChI is InChI=1S/C12H20N2O3/c1-15-11(13)9-12(16-2,17-3)14-10-7-5-4-6-8-10/h4-8,11,14H,9,13H2,1-3H3. The first-order valence-electron chi connectivity index (χ1n) is 5.37. The van der Waals surface area contributed by atoms with Gasteiger partial charge in [0.25, 0.3) is 5.91 Å². The number of methoxy groups -OCH3 is 3. The second-order valence-corrected chi connectivity index (χ2v) is 3.63. The fourth-order valence-electron chi connectivity index (χ4n) is 1.49. The largest absolute Gasteiger partial charge is 0.367 e. The maximum absolute atomic E-state index is 5.74. The normalized spacial score (nSPS) is 13.4. The first-order valence-corrected chi connectivity index (χ1v) is 5.37. The highest BCUT2D eigenvalue weighted by atomic mass is 16.7. The number of benzene rings is 1. The summed E-state index contributed by atoms with van der Waals surface area (Å²) in [5.41, 5.74) is 6.63. The number of anilines is 1. The van der Waals surface area contributed by atoms with Gasteiger partial charge in [-0.05, 0) is 12.1 Å². The summed E-state index contributed by atoms with van der Waals surface area (Å²) in [6.07, 6.45) is -0.100. The van der Waals surface area contributed by atoms with Crippen LogP contribution < -0.4 is 11.1 Å². The van der Waals surface area contributed by atoms with Crippen molar-refractivity contribution >= 4 is 5.69 Å². The van der Waals surface area contributed by atoms with Gasteiger partial charge in [0.05, 0.1) is 6.42 Å². The average Bonchev–Trinajstić information content (AvgIpc) is 2.39. The van der Waals surface area contributed by atoms with Gasteiger partial charge < -0.3 is 25.3 Å². The van der Waals surface area contributed by atoms with Gasteiger partial charge in [-0.15, -0.1) is 0 Å². The van der Waals surface area contributed by atoms with Crippen LogP contribution in [0.3, 0.4) is 0 Å². The van der Waals surface area contributed by atoms with Crippen molar-refractivity contribution in [3.05, 3.63) is 30.3 Å². The first-order chi connectivity index (χ1) is 8.15. The van der Waals surface area contributed by atoms with E-state index < -0.39 is 12.1 Å². The van der Waals surface area contributed by atoms with Gasteiger partial charge in [-0.3, -0.25) is 0 Å². The molecule has 0 aliphatic heterocycles. The molecule has 0 aromatic heterocycles. The Balaban J connectivity index is 2.77. The molecule has 0 aliphatic carbocycles. The number of hydrogen-bond acceptors (Lipinski definition) is 5. The molecule has 1 unspecified atom stereocenters. The molecule has 1 aromatic rings. The number of para-hydroxylation sites is 1. The van der Waals surface area contributed by atoms with Gasteiger partial charge >= 0.3 is 0 Å². The summed E-state index contributed by atoms with van der Waals surface area (Å²) in [7, 11) is 4.66. The Morgan fingerprint density at radius 2 is 1.76 bits per heavy atom. The lowest BCUT2D eigenvalue weighted by atomic mass is 10.2. The van der Waals surface area contributed by atoms with Crippen molar-refractivity contribution < 1.29 is 14.2 Å². The van der Waals surface area contributed by atoms with Gasteiger partial charge in [-0.2, -0.15) is 0 Å². The summed E-state index contributed by atoms with van der Waals surface area (Å²) in [5.74, 6) is -0.989. The van der Waals surface area contributed by atoms with Crippen LogP contribution in [0.4, 0.5) is 5.69 Å². The Labute approximate surface area is 102 Å². The number of ether oxygens (including phenoxy) is 3. The molecule has 5 heteroatoms. The average molecular weight is 240 g/mol. The quantitative estimate of drug-likeness (QED) is 0.705. The van der Waals surface area contributed by atoms with Crippen LogP contribution >= 0.6 is 0 Å². The van der Waals surface area contributed by atoms with E-state index in [2.05, 4.69) is 5.32 Å². The molecule has 0 saturated heterocycles. The highest BCUT2D eigenvalue weighted by Gasteiger charge is 2.32. The van der Waals surface area contributed by atoms with Crippen LogP contribution in [0, 0.1) is 0 Å². The molecule has 1 rings (SSSR count). The van der Waals surface area contributed by atoms with E-state index in [-0.39, 0.29) is 0 Å². The Kier molecular flexibility index (Phi) is 5.37. The van der Waals surface area contributed by atoms with E-state index in [4.69, 9.17) is 19.9 Å². The molecular formula is C12H20N2O3. The second-order valence-electron chi connectivity index (χ2n) is 3.63. The molecule has 1 atom stereocenters. The summed E-state index contributed by atoms with van der Waals surface area (Å²) < 4.78 is 15.8. The molecule has 0 fully saturated rings. The third-order valence-electron chi connectivity index (χ3n) is 2.54. The minimum atomic E-state index is -0.989. The van der Waals surface area contributed by atoms with Gasteiger partial charge in [0.1, 0.15) is 6.23 Å². The van der Waals surface area contributed by atoms with Gasteiger partial charge in [0, 0.05) is 27.0 Å². The minimum absolute atomic E-state index is 0.366. The summed E-state index contributed by atoms with van der Waals surface area (Å²) >= 11 is 0. The van der Waals surface area contributed by atoms with E-state index >= 15 is 0 Å². The topological polar surface area (TPSA) is 65.7 Å². The molecule has 0 radical (unpaired) electrons. The zero-order valence-corrected chi connectivity index (χ0v) is 10.5. The summed E-state index contributed by atoms with van der Waals surface area (Å²) in [6, 6.07) is 9.63. The fraction of sp³-hybridized carbons (Fsp3) is 0.500. The number of nitrogens with one attached hydrogen (secondary N) is 1. The van der Waals surface area contributed by atoms with Crippen molar-refractivity contribution in [3.63, 3.8) is 0 Å². The molecule has 0 spiro atoms. The van der Waals surface area contributed by atoms with Crippen molar-refractivity contribution in [3.8, 4) is 0 Å². The van der Waals surface area contributed by atoms with E-state index in [0.29, 0.717) is 6.42 Å². The van der Waals surface area contributed by atoms with Crippen LogP contribution in [0.25, 0.3) is 0 Å². The highest BCUT2D eigenvalue weighted by Crippen LogP contribution is 2.21. The van der Waals surface area contributed by atoms with Gasteiger partial charge in [0.15, 0.2) is 0 Å². The van der Waals surface area contributed by atoms with Crippen LogP contribution in [0.2, 0.25) is 0 Å². The van der Waals surface area contributed by atoms with Crippen LogP contribution in [-0.4, -0.2) is 33.5 Å². The zero-order chi connectivity index (χ0) is 12.7. The number of hydrogen-bond donors (Lipinski definition) is 2. The van der Waals surface area contributed by atoms with Crippen molar-refractivity contribution in [1.29, 1.82) is 0 Å². The van der Waals surface area contributed by atoms with Crippen molar-refractivity contribution in [2.24, 2.45) is 5.73 Å². The monoisotopic (exact) mass is 240 g/mol. The third-order valence-corrected chi connectivity index (χ3v) is 2.54. The molecule has 0 bridgehead atoms. The van der Waals surface area contributed by atoms with Crippen LogP contribution in [0.1, 0.15) is 6.42 Å². The third kappa shape index (κ3) is 3.98. The maximum atomic E-state index is 5.74. The maximum Gasteiger partial charge on any atom is 0.252 e. The van der Waals surface area contributed by atoms with Crippen LogP contribution in [0.15, 0.2) is 30.3 Å². The van der Waals surface area contributed by atoms with E-state index in [9.17, 15) is 0 Å². The van der Waals surface area contributed by atoms with Gasteiger partial charge in [-0.1, -0.05) is 18.2 Å². The first kappa shape index (κ1) is 13.9. The Morgan fingerprint density at radius 3 is 2.24 bits per heavy atom. The molecule has 3 N–H and O–H groups in total. The lowest BCUT2D eigenvalue weighted by Crippen LogP contribution is -2.47. The van der Waals surface area contributed by atoms with Crippen molar-refractivity contribution in [2.75, 3.05) is 26.6 Å². The second kappa shape index (κ2) is 6.56. The summed E-state index contributed by atoms with van der Waals surface area (Å²) in [4.78, 5) is 0. The van der Waals surface area contributed by atoms with Crippen molar-refractivity contribution in [1.82, 2.24) is 0 Å². The lowest BCUT2D eigenvalue weighted by molar-refractivity contribution is -0.203. The van der Waals surface area contributed by atoms with Crippen LogP contribution in [-0.2, 0) is 14.2 Å². The van der Waals surface area contributed by atoms with E-state index in [1.165, 1.54) is 0 Å². The van der Waals surface area contributed by atoms with Crippen molar-refractivity contribution in [2.45, 2.75) is 18.6 Å². The smallest absolute Gasteiger partial charge is 0.252 e. The van der Waals surface area contributed by atoms with Gasteiger partial charge in [-0.25, -0.2) is 0 Å². The predicted molar refractivity (Wildman–Crippen MR) is 66.4 cm³/mol. The lowest BCUT2D eigenvalue weighted by Gasteiger charge is -2.34. The number of rotatable bonds is 7. The Morgan fingerprint density at radius 1 is 1.18 bits per heavy atom. The number of nitrogens with two attached hydrogens (primary N) is 1.